The van der Waals surface area contributed by atoms with Gasteiger partial charge in [-0.15, -0.1) is 5.10 Å². The molecule has 1 heterocycles. The third kappa shape index (κ3) is 12.2. The van der Waals surface area contributed by atoms with Gasteiger partial charge in [0.2, 0.25) is 5.91 Å². The molecule has 0 radical (unpaired) electrons. The summed E-state index contributed by atoms with van der Waals surface area (Å²) in [7, 11) is 3.92. The van der Waals surface area contributed by atoms with E-state index in [4.69, 9.17) is 9.47 Å². The van der Waals surface area contributed by atoms with Crippen LogP contribution in [0.15, 0.2) is 48.5 Å². The number of aromatic nitrogens is 3. The molecule has 0 saturated heterocycles. The molecule has 2 amide bonds. The molecular weight excluding hydrogens is 618 g/mol. The van der Waals surface area contributed by atoms with Crippen molar-refractivity contribution < 1.29 is 19.1 Å². The largest absolute Gasteiger partial charge is 0.494 e. The summed E-state index contributed by atoms with van der Waals surface area (Å²) in [5.41, 5.74) is 4.83. The zero-order chi connectivity index (χ0) is 35.3. The Labute approximate surface area is 292 Å². The molecule has 3 aromatic rings. The average Bonchev–Trinajstić information content (AvgIpc) is 3.47. The van der Waals surface area contributed by atoms with Crippen molar-refractivity contribution in [2.75, 3.05) is 33.9 Å². The molecule has 1 aliphatic carbocycles. The second-order valence-electron chi connectivity index (χ2n) is 14.3. The van der Waals surface area contributed by atoms with Crippen LogP contribution in [-0.2, 0) is 35.5 Å². The van der Waals surface area contributed by atoms with Gasteiger partial charge >= 0.3 is 0 Å². The molecule has 1 atom stereocenters. The Kier molecular flexibility index (Phi) is 14.2. The molecule has 49 heavy (non-hydrogen) atoms. The van der Waals surface area contributed by atoms with Crippen LogP contribution in [0.1, 0.15) is 105 Å². The van der Waals surface area contributed by atoms with Gasteiger partial charge in [-0.05, 0) is 116 Å². The lowest BCUT2D eigenvalue weighted by molar-refractivity contribution is -0.128. The molecule has 11 nitrogen and oxygen atoms in total. The highest BCUT2D eigenvalue weighted by Gasteiger charge is 2.25. The number of fused-ring (bicyclic) bond motifs is 1. The Hall–Kier alpha value is -3.80. The minimum atomic E-state index is -0.272. The van der Waals surface area contributed by atoms with Gasteiger partial charge < -0.3 is 30.7 Å². The summed E-state index contributed by atoms with van der Waals surface area (Å²) in [6.07, 6.45) is 7.07. The zero-order valence-electron chi connectivity index (χ0n) is 30.4. The van der Waals surface area contributed by atoms with Gasteiger partial charge in [-0.3, -0.25) is 9.59 Å². The predicted octanol–water partition coefficient (Wildman–Crippen LogP) is 4.90. The number of nitrogens with one attached hydrogen (secondary N) is 4. The van der Waals surface area contributed by atoms with Crippen molar-refractivity contribution in [3.8, 4) is 5.75 Å². The van der Waals surface area contributed by atoms with E-state index in [0.29, 0.717) is 38.2 Å². The first-order valence-electron chi connectivity index (χ1n) is 17.8. The molecule has 2 aromatic carbocycles. The molecule has 0 fully saturated rings. The quantitative estimate of drug-likeness (QED) is 0.140. The number of carbonyl (C=O) groups excluding carboxylic acids is 2. The summed E-state index contributed by atoms with van der Waals surface area (Å²) in [4.78, 5) is 25.5. The SMILES string of the molecule is CNC(C)(C)CCOc1ccc(C(=O)NCCCn2nnc3c2CCCCCC3OCC(=O)NCc2ccc(CC(C)(C)NC)cc2)cc1. The summed E-state index contributed by atoms with van der Waals surface area (Å²) >= 11 is 0. The van der Waals surface area contributed by atoms with E-state index in [-0.39, 0.29) is 35.6 Å². The summed E-state index contributed by atoms with van der Waals surface area (Å²) in [5, 5.41) is 21.6. The Morgan fingerprint density at radius 1 is 0.898 bits per heavy atom. The highest BCUT2D eigenvalue weighted by molar-refractivity contribution is 5.94. The van der Waals surface area contributed by atoms with Crippen molar-refractivity contribution in [2.45, 2.75) is 109 Å². The van der Waals surface area contributed by atoms with E-state index in [1.807, 2.05) is 30.9 Å². The van der Waals surface area contributed by atoms with Gasteiger partial charge in [0.1, 0.15) is 24.2 Å². The molecule has 0 aliphatic heterocycles. The van der Waals surface area contributed by atoms with Gasteiger partial charge in [0, 0.05) is 36.3 Å². The first-order valence-corrected chi connectivity index (χ1v) is 17.8. The van der Waals surface area contributed by atoms with Gasteiger partial charge in [0.25, 0.3) is 5.91 Å². The molecular formula is C38H57N7O4. The fraction of sp³-hybridized carbons (Fsp3) is 0.579. The van der Waals surface area contributed by atoms with Crippen molar-refractivity contribution in [2.24, 2.45) is 0 Å². The molecule has 1 aliphatic rings. The number of hydrogen-bond donors (Lipinski definition) is 4. The number of amides is 2. The second kappa shape index (κ2) is 18.3. The van der Waals surface area contributed by atoms with E-state index in [9.17, 15) is 9.59 Å². The van der Waals surface area contributed by atoms with Crippen LogP contribution < -0.4 is 26.0 Å². The van der Waals surface area contributed by atoms with Crippen LogP contribution in [0.25, 0.3) is 0 Å². The smallest absolute Gasteiger partial charge is 0.251 e. The fourth-order valence-corrected chi connectivity index (χ4v) is 5.72. The maximum atomic E-state index is 12.7. The van der Waals surface area contributed by atoms with Crippen molar-refractivity contribution >= 4 is 11.8 Å². The lowest BCUT2D eigenvalue weighted by atomic mass is 9.95. The lowest BCUT2D eigenvalue weighted by Crippen LogP contribution is -2.38. The van der Waals surface area contributed by atoms with Crippen LogP contribution in [0.2, 0.25) is 0 Å². The molecule has 0 bridgehead atoms. The van der Waals surface area contributed by atoms with Crippen LogP contribution in [0.5, 0.6) is 5.75 Å². The summed E-state index contributed by atoms with van der Waals surface area (Å²) < 4.78 is 13.9. The first kappa shape index (κ1) is 38.0. The molecule has 4 rings (SSSR count). The maximum Gasteiger partial charge on any atom is 0.251 e. The van der Waals surface area contributed by atoms with Crippen LogP contribution in [0, 0.1) is 0 Å². The predicted molar refractivity (Wildman–Crippen MR) is 193 cm³/mol. The number of likely N-dealkylation sites (N-methyl/N-ethyl adjacent to an activating group) is 1. The number of nitrogens with zero attached hydrogens (tertiary/aromatic N) is 3. The van der Waals surface area contributed by atoms with Crippen molar-refractivity contribution in [3.63, 3.8) is 0 Å². The minimum Gasteiger partial charge on any atom is -0.494 e. The zero-order valence-corrected chi connectivity index (χ0v) is 30.4. The third-order valence-electron chi connectivity index (χ3n) is 9.42. The van der Waals surface area contributed by atoms with E-state index in [1.165, 1.54) is 5.56 Å². The number of carbonyl (C=O) groups is 2. The standard InChI is InChI=1S/C38H57N7O4/c1-37(2,39-5)21-24-48-31-19-17-30(18-20-31)36(47)41-22-10-23-45-32-11-8-7-9-12-33(35(32)43-44-45)49-27-34(46)42-26-29-15-13-28(14-16-29)25-38(3,4)40-6/h13-20,33,39-40H,7-12,21-27H2,1-6H3,(H,41,47)(H,42,46). The van der Waals surface area contributed by atoms with Crippen LogP contribution in [0.4, 0.5) is 0 Å². The van der Waals surface area contributed by atoms with Gasteiger partial charge in [-0.1, -0.05) is 42.3 Å². The van der Waals surface area contributed by atoms with Crippen molar-refractivity contribution in [1.82, 2.24) is 36.3 Å². The fourth-order valence-electron chi connectivity index (χ4n) is 5.72. The highest BCUT2D eigenvalue weighted by atomic mass is 16.5. The van der Waals surface area contributed by atoms with Gasteiger partial charge in [-0.25, -0.2) is 4.68 Å². The number of aryl methyl sites for hydroxylation is 1. The van der Waals surface area contributed by atoms with Crippen molar-refractivity contribution in [1.29, 1.82) is 0 Å². The summed E-state index contributed by atoms with van der Waals surface area (Å²) in [5.74, 6) is 0.483. The van der Waals surface area contributed by atoms with E-state index in [0.717, 1.165) is 67.6 Å². The first-order chi connectivity index (χ1) is 23.5. The Morgan fingerprint density at radius 3 is 2.33 bits per heavy atom. The minimum absolute atomic E-state index is 0.0102. The highest BCUT2D eigenvalue weighted by Crippen LogP contribution is 2.29. The van der Waals surface area contributed by atoms with E-state index in [2.05, 4.69) is 83.5 Å². The lowest BCUT2D eigenvalue weighted by Gasteiger charge is -2.24. The van der Waals surface area contributed by atoms with Crippen LogP contribution in [-0.4, -0.2) is 71.7 Å². The normalized spacial score (nSPS) is 15.2. The second-order valence-corrected chi connectivity index (χ2v) is 14.3. The molecule has 1 aromatic heterocycles. The van der Waals surface area contributed by atoms with Crippen molar-refractivity contribution in [3.05, 3.63) is 76.6 Å². The molecule has 268 valence electrons. The molecule has 0 saturated carbocycles. The molecule has 0 spiro atoms. The summed E-state index contributed by atoms with van der Waals surface area (Å²) in [6, 6.07) is 15.6. The molecule has 11 heteroatoms. The maximum absolute atomic E-state index is 12.7. The topological polar surface area (TPSA) is 131 Å². The van der Waals surface area contributed by atoms with Gasteiger partial charge in [0.05, 0.1) is 12.3 Å². The van der Waals surface area contributed by atoms with E-state index < -0.39 is 0 Å². The monoisotopic (exact) mass is 675 g/mol. The van der Waals surface area contributed by atoms with Crippen LogP contribution in [0.3, 0.4) is 0 Å². The number of benzene rings is 2. The number of ether oxygens (including phenoxy) is 2. The van der Waals surface area contributed by atoms with E-state index in [1.54, 1.807) is 12.1 Å². The number of hydrogen-bond acceptors (Lipinski definition) is 8. The molecule has 1 unspecified atom stereocenters. The Balaban J connectivity index is 1.21. The summed E-state index contributed by atoms with van der Waals surface area (Å²) in [6.45, 7) is 10.8. The van der Waals surface area contributed by atoms with Gasteiger partial charge in [0.15, 0.2) is 0 Å². The Bertz CT molecular complexity index is 1470. The van der Waals surface area contributed by atoms with Crippen LogP contribution >= 0.6 is 0 Å². The average molecular weight is 676 g/mol. The number of rotatable bonds is 18. The third-order valence-corrected chi connectivity index (χ3v) is 9.42. The van der Waals surface area contributed by atoms with E-state index >= 15 is 0 Å². The van der Waals surface area contributed by atoms with Gasteiger partial charge in [-0.2, -0.15) is 0 Å². The molecule has 4 N–H and O–H groups in total. The Morgan fingerprint density at radius 2 is 1.61 bits per heavy atom.